The van der Waals surface area contributed by atoms with Crippen LogP contribution in [0.1, 0.15) is 31.4 Å². The monoisotopic (exact) mass is 469 g/mol. The van der Waals surface area contributed by atoms with Crippen LogP contribution in [-0.4, -0.2) is 44.9 Å². The van der Waals surface area contributed by atoms with Crippen LogP contribution >= 0.6 is 11.6 Å². The van der Waals surface area contributed by atoms with Crippen molar-refractivity contribution >= 4 is 35.0 Å². The number of nitrogens with zero attached hydrogens (tertiary/aromatic N) is 1. The highest BCUT2D eigenvalue weighted by molar-refractivity contribution is 6.31. The van der Waals surface area contributed by atoms with Gasteiger partial charge in [0, 0.05) is 28.4 Å². The number of phenols is 2. The van der Waals surface area contributed by atoms with Gasteiger partial charge in [-0.3, -0.25) is 24.6 Å². The van der Waals surface area contributed by atoms with Gasteiger partial charge in [-0.2, -0.15) is 0 Å². The Morgan fingerprint density at radius 2 is 1.85 bits per heavy atom. The van der Waals surface area contributed by atoms with E-state index in [1.165, 1.54) is 17.0 Å². The number of halogens is 1. The van der Waals surface area contributed by atoms with Crippen molar-refractivity contribution in [1.29, 1.82) is 0 Å². The molecule has 0 unspecified atom stereocenters. The molecule has 0 saturated carbocycles. The molecule has 3 aliphatic heterocycles. The van der Waals surface area contributed by atoms with Gasteiger partial charge < -0.3 is 15.5 Å². The summed E-state index contributed by atoms with van der Waals surface area (Å²) in [5.41, 5.74) is 0.341. The third kappa shape index (κ3) is 2.97. The first-order valence-corrected chi connectivity index (χ1v) is 11.3. The van der Waals surface area contributed by atoms with Crippen molar-refractivity contribution < 1.29 is 24.6 Å². The summed E-state index contributed by atoms with van der Waals surface area (Å²) in [5.74, 6) is -3.28. The summed E-state index contributed by atoms with van der Waals surface area (Å²) in [6, 6.07) is 8.60. The first-order chi connectivity index (χ1) is 15.7. The first kappa shape index (κ1) is 21.7. The van der Waals surface area contributed by atoms with E-state index in [0.717, 1.165) is 0 Å². The van der Waals surface area contributed by atoms with Crippen LogP contribution in [0.3, 0.4) is 0 Å². The molecule has 0 bridgehead atoms. The van der Waals surface area contributed by atoms with Crippen molar-refractivity contribution in [2.75, 3.05) is 5.32 Å². The average molecular weight is 470 g/mol. The van der Waals surface area contributed by atoms with Crippen LogP contribution in [0.4, 0.5) is 5.69 Å². The molecule has 3 amide bonds. The maximum atomic E-state index is 13.7. The minimum absolute atomic E-state index is 0.249. The van der Waals surface area contributed by atoms with Gasteiger partial charge in [0.15, 0.2) is 11.5 Å². The molecular formula is C24H24ClN3O5. The number of likely N-dealkylation sites (tertiary alicyclic amines) is 1. The van der Waals surface area contributed by atoms with Gasteiger partial charge in [0.2, 0.25) is 17.7 Å². The highest BCUT2D eigenvalue weighted by atomic mass is 35.5. The Kier molecular flexibility index (Phi) is 4.91. The summed E-state index contributed by atoms with van der Waals surface area (Å²) in [4.78, 5) is 42.0. The van der Waals surface area contributed by atoms with Crippen LogP contribution in [0.15, 0.2) is 36.4 Å². The molecule has 0 aliphatic carbocycles. The van der Waals surface area contributed by atoms with Crippen molar-refractivity contribution in [3.63, 3.8) is 0 Å². The van der Waals surface area contributed by atoms with Gasteiger partial charge in [0.05, 0.1) is 11.8 Å². The largest absolute Gasteiger partial charge is 0.504 e. The quantitative estimate of drug-likeness (QED) is 0.403. The van der Waals surface area contributed by atoms with Crippen LogP contribution in [0, 0.1) is 11.8 Å². The molecule has 5 atom stereocenters. The van der Waals surface area contributed by atoms with E-state index in [-0.39, 0.29) is 35.8 Å². The number of fused-ring (bicyclic) bond motifs is 4. The molecule has 0 radical (unpaired) electrons. The van der Waals surface area contributed by atoms with Gasteiger partial charge in [-0.25, -0.2) is 0 Å². The number of benzene rings is 2. The predicted octanol–water partition coefficient (Wildman–Crippen LogP) is 2.51. The molecule has 3 heterocycles. The van der Waals surface area contributed by atoms with Crippen LogP contribution in [-0.2, 0) is 26.3 Å². The Morgan fingerprint density at radius 1 is 1.09 bits per heavy atom. The number of phenolic OH excluding ortho intramolecular Hbond substituents is 2. The van der Waals surface area contributed by atoms with E-state index < -0.39 is 29.3 Å². The van der Waals surface area contributed by atoms with Crippen LogP contribution in [0.5, 0.6) is 11.5 Å². The van der Waals surface area contributed by atoms with Crippen LogP contribution in [0.2, 0.25) is 5.02 Å². The topological polar surface area (TPSA) is 119 Å². The zero-order valence-corrected chi connectivity index (χ0v) is 18.9. The minimum Gasteiger partial charge on any atom is -0.504 e. The number of anilines is 1. The summed E-state index contributed by atoms with van der Waals surface area (Å²) in [5, 5.41) is 26.2. The molecule has 2 saturated heterocycles. The SMILES string of the molecule is CC[C@H](C)N1C(=O)[C@@H]2[C@H](Cc3ccc(O)c(O)c3)N[C@]3(C(=O)Nc4ccc(Cl)cc43)[C@@H]2C1=O. The Bertz CT molecular complexity index is 1200. The van der Waals surface area contributed by atoms with Crippen molar-refractivity contribution in [3.05, 3.63) is 52.5 Å². The molecule has 2 aromatic carbocycles. The van der Waals surface area contributed by atoms with Gasteiger partial charge in [0.1, 0.15) is 5.54 Å². The number of hydrogen-bond donors (Lipinski definition) is 4. The summed E-state index contributed by atoms with van der Waals surface area (Å²) in [6.07, 6.45) is 0.871. The van der Waals surface area contributed by atoms with E-state index in [1.54, 1.807) is 24.3 Å². The lowest BCUT2D eigenvalue weighted by Gasteiger charge is -2.31. The maximum absolute atomic E-state index is 13.7. The van der Waals surface area contributed by atoms with Gasteiger partial charge in [-0.1, -0.05) is 24.6 Å². The zero-order valence-electron chi connectivity index (χ0n) is 18.1. The normalized spacial score (nSPS) is 28.9. The molecule has 0 aromatic heterocycles. The molecule has 2 fully saturated rings. The third-order valence-corrected chi connectivity index (χ3v) is 7.47. The molecule has 9 heteroatoms. The summed E-state index contributed by atoms with van der Waals surface area (Å²) >= 11 is 6.26. The lowest BCUT2D eigenvalue weighted by molar-refractivity contribution is -0.145. The number of carbonyl (C=O) groups excluding carboxylic acids is 3. The second-order valence-electron chi connectivity index (χ2n) is 9.04. The fraction of sp³-hybridized carbons (Fsp3) is 0.375. The van der Waals surface area contributed by atoms with E-state index >= 15 is 0 Å². The lowest BCUT2D eigenvalue weighted by Crippen LogP contribution is -2.54. The molecule has 4 N–H and O–H groups in total. The van der Waals surface area contributed by atoms with Gasteiger partial charge in [0.25, 0.3) is 0 Å². The van der Waals surface area contributed by atoms with Crippen molar-refractivity contribution in [2.24, 2.45) is 11.8 Å². The molecule has 2 aromatic rings. The Hall–Kier alpha value is -3.10. The molecular weight excluding hydrogens is 446 g/mol. The van der Waals surface area contributed by atoms with Crippen LogP contribution in [0.25, 0.3) is 0 Å². The number of imide groups is 1. The lowest BCUT2D eigenvalue weighted by atomic mass is 9.76. The number of carbonyl (C=O) groups is 3. The molecule has 33 heavy (non-hydrogen) atoms. The summed E-state index contributed by atoms with van der Waals surface area (Å²) in [6.45, 7) is 3.73. The molecule has 8 nitrogen and oxygen atoms in total. The fourth-order valence-electron chi connectivity index (χ4n) is 5.54. The van der Waals surface area contributed by atoms with E-state index in [9.17, 15) is 24.6 Å². The number of aromatic hydroxyl groups is 2. The second kappa shape index (κ2) is 7.46. The predicted molar refractivity (Wildman–Crippen MR) is 121 cm³/mol. The van der Waals surface area contributed by atoms with E-state index in [2.05, 4.69) is 10.6 Å². The van der Waals surface area contributed by atoms with Gasteiger partial charge in [-0.05, 0) is 55.7 Å². The second-order valence-corrected chi connectivity index (χ2v) is 9.47. The fourth-order valence-corrected chi connectivity index (χ4v) is 5.71. The number of rotatable bonds is 4. The average Bonchev–Trinajstić information content (AvgIpc) is 3.35. The molecule has 172 valence electrons. The standard InChI is InChI=1S/C24H24ClN3O5/c1-3-11(2)28-21(31)19-16(8-12-4-7-17(29)18(30)9-12)27-24(20(19)22(28)32)14-10-13(25)5-6-15(14)26-23(24)33/h4-7,9-11,16,19-20,27,29-30H,3,8H2,1-2H3,(H,26,33)/t11-,16-,19+,20-,24-/m0/s1. The van der Waals surface area contributed by atoms with E-state index in [1.807, 2.05) is 13.8 Å². The number of nitrogens with one attached hydrogen (secondary N) is 2. The van der Waals surface area contributed by atoms with Crippen molar-refractivity contribution in [2.45, 2.75) is 44.3 Å². The third-order valence-electron chi connectivity index (χ3n) is 7.24. The van der Waals surface area contributed by atoms with Crippen LogP contribution < -0.4 is 10.6 Å². The van der Waals surface area contributed by atoms with Crippen molar-refractivity contribution in [3.8, 4) is 11.5 Å². The van der Waals surface area contributed by atoms with Gasteiger partial charge >= 0.3 is 0 Å². The molecule has 3 aliphatic rings. The van der Waals surface area contributed by atoms with E-state index in [0.29, 0.717) is 28.3 Å². The van der Waals surface area contributed by atoms with Crippen molar-refractivity contribution in [1.82, 2.24) is 10.2 Å². The summed E-state index contributed by atoms with van der Waals surface area (Å²) < 4.78 is 0. The Labute approximate surface area is 195 Å². The van der Waals surface area contributed by atoms with E-state index in [4.69, 9.17) is 11.6 Å². The Morgan fingerprint density at radius 3 is 2.55 bits per heavy atom. The molecule has 5 rings (SSSR count). The molecule has 1 spiro atoms. The zero-order chi connectivity index (χ0) is 23.7. The Balaban J connectivity index is 1.64. The first-order valence-electron chi connectivity index (χ1n) is 11.0. The highest BCUT2D eigenvalue weighted by Crippen LogP contribution is 2.54. The number of amides is 3. The number of hydrogen-bond acceptors (Lipinski definition) is 6. The van der Waals surface area contributed by atoms with Gasteiger partial charge in [-0.15, -0.1) is 0 Å². The smallest absolute Gasteiger partial charge is 0.250 e. The summed E-state index contributed by atoms with van der Waals surface area (Å²) in [7, 11) is 0. The highest BCUT2D eigenvalue weighted by Gasteiger charge is 2.70. The minimum atomic E-state index is -1.43. The maximum Gasteiger partial charge on any atom is 0.250 e.